The lowest BCUT2D eigenvalue weighted by atomic mass is 9.69. The van der Waals surface area contributed by atoms with Crippen LogP contribution in [0.4, 0.5) is 15.8 Å². The summed E-state index contributed by atoms with van der Waals surface area (Å²) in [7, 11) is 0. The molecule has 0 atom stereocenters. The van der Waals surface area contributed by atoms with Crippen molar-refractivity contribution in [3.63, 3.8) is 0 Å². The number of carboxylic acids is 1. The van der Waals surface area contributed by atoms with Crippen molar-refractivity contribution in [3.8, 4) is 0 Å². The van der Waals surface area contributed by atoms with E-state index < -0.39 is 22.1 Å². The zero-order valence-electron chi connectivity index (χ0n) is 10.4. The van der Waals surface area contributed by atoms with E-state index >= 15 is 0 Å². The van der Waals surface area contributed by atoms with Crippen LogP contribution in [0.1, 0.15) is 19.3 Å². The molecule has 0 aliphatic heterocycles. The van der Waals surface area contributed by atoms with Gasteiger partial charge < -0.3 is 10.4 Å². The Hall–Kier alpha value is -1.45. The molecule has 0 bridgehead atoms. The van der Waals surface area contributed by atoms with Gasteiger partial charge >= 0.3 is 5.97 Å². The van der Waals surface area contributed by atoms with Crippen LogP contribution in [0.15, 0.2) is 12.1 Å². The molecule has 0 radical (unpaired) electrons. The van der Waals surface area contributed by atoms with Crippen molar-refractivity contribution in [2.24, 2.45) is 5.41 Å². The molecular weight excluding hydrogens is 382 g/mol. The number of rotatable bonds is 5. The molecular formula is C12H12FIN2O4. The van der Waals surface area contributed by atoms with Crippen LogP contribution in [-0.4, -0.2) is 22.5 Å². The smallest absolute Gasteiger partial charge is 0.311 e. The zero-order valence-corrected chi connectivity index (χ0v) is 12.5. The lowest BCUT2D eigenvalue weighted by Crippen LogP contribution is -2.43. The molecule has 1 aliphatic rings. The van der Waals surface area contributed by atoms with Gasteiger partial charge in [0.05, 0.1) is 13.9 Å². The van der Waals surface area contributed by atoms with Crippen LogP contribution in [0.5, 0.6) is 0 Å². The number of nitrogens with one attached hydrogen (secondary N) is 1. The van der Waals surface area contributed by atoms with E-state index in [9.17, 15) is 24.4 Å². The first-order chi connectivity index (χ1) is 9.35. The van der Waals surface area contributed by atoms with Gasteiger partial charge in [-0.05, 0) is 35.4 Å². The fourth-order valence-corrected chi connectivity index (χ4v) is 2.61. The predicted molar refractivity (Wildman–Crippen MR) is 78.2 cm³/mol. The number of carbonyl (C=O) groups is 1. The van der Waals surface area contributed by atoms with Crippen molar-refractivity contribution in [3.05, 3.63) is 31.6 Å². The van der Waals surface area contributed by atoms with E-state index in [-0.39, 0.29) is 21.5 Å². The van der Waals surface area contributed by atoms with E-state index in [0.717, 1.165) is 18.6 Å². The van der Waals surface area contributed by atoms with Gasteiger partial charge in [-0.25, -0.2) is 4.39 Å². The van der Waals surface area contributed by atoms with Gasteiger partial charge in [-0.3, -0.25) is 14.9 Å². The summed E-state index contributed by atoms with van der Waals surface area (Å²) in [6, 6.07) is 2.17. The number of carboxylic acid groups (broad SMARTS) is 1. The van der Waals surface area contributed by atoms with Gasteiger partial charge in [-0.1, -0.05) is 6.42 Å². The number of benzene rings is 1. The first-order valence-electron chi connectivity index (χ1n) is 5.96. The Kier molecular flexibility index (Phi) is 4.11. The molecule has 0 aromatic heterocycles. The van der Waals surface area contributed by atoms with Gasteiger partial charge in [-0.2, -0.15) is 0 Å². The van der Waals surface area contributed by atoms with Gasteiger partial charge in [0.25, 0.3) is 5.69 Å². The van der Waals surface area contributed by atoms with Crippen LogP contribution < -0.4 is 5.32 Å². The SMILES string of the molecule is O=C(O)C1(CNc2cc(F)c(I)cc2[N+](=O)[O-])CCC1. The largest absolute Gasteiger partial charge is 0.481 e. The summed E-state index contributed by atoms with van der Waals surface area (Å²) in [6.45, 7) is 0.0587. The molecule has 0 heterocycles. The third kappa shape index (κ3) is 2.69. The highest BCUT2D eigenvalue weighted by molar-refractivity contribution is 14.1. The summed E-state index contributed by atoms with van der Waals surface area (Å²) >= 11 is 1.67. The van der Waals surface area contributed by atoms with Crippen LogP contribution in [-0.2, 0) is 4.79 Å². The lowest BCUT2D eigenvalue weighted by Gasteiger charge is -2.37. The summed E-state index contributed by atoms with van der Waals surface area (Å²) in [5.74, 6) is -1.50. The lowest BCUT2D eigenvalue weighted by molar-refractivity contribution is -0.384. The Labute approximate surface area is 127 Å². The van der Waals surface area contributed by atoms with E-state index in [1.54, 1.807) is 22.6 Å². The third-order valence-corrected chi connectivity index (χ3v) is 4.44. The van der Waals surface area contributed by atoms with Crippen LogP contribution >= 0.6 is 22.6 Å². The average Bonchev–Trinajstić information content (AvgIpc) is 2.30. The topological polar surface area (TPSA) is 92.5 Å². The maximum absolute atomic E-state index is 13.5. The molecule has 2 N–H and O–H groups in total. The van der Waals surface area contributed by atoms with Crippen LogP contribution in [0, 0.1) is 24.9 Å². The molecule has 1 aliphatic carbocycles. The maximum atomic E-state index is 13.5. The summed E-state index contributed by atoms with van der Waals surface area (Å²) < 4.78 is 13.7. The maximum Gasteiger partial charge on any atom is 0.311 e. The number of hydrogen-bond acceptors (Lipinski definition) is 4. The van der Waals surface area contributed by atoms with E-state index in [1.807, 2.05) is 0 Å². The van der Waals surface area contributed by atoms with E-state index in [0.29, 0.717) is 12.8 Å². The van der Waals surface area contributed by atoms with Crippen molar-refractivity contribution in [1.29, 1.82) is 0 Å². The minimum Gasteiger partial charge on any atom is -0.481 e. The molecule has 0 saturated heterocycles. The molecule has 0 spiro atoms. The number of nitro benzene ring substituents is 1. The zero-order chi connectivity index (χ0) is 14.9. The van der Waals surface area contributed by atoms with Crippen LogP contribution in [0.25, 0.3) is 0 Å². The number of anilines is 1. The van der Waals surface area contributed by atoms with Gasteiger partial charge in [0.1, 0.15) is 11.5 Å². The molecule has 1 aromatic rings. The first-order valence-corrected chi connectivity index (χ1v) is 7.04. The van der Waals surface area contributed by atoms with E-state index in [1.165, 1.54) is 0 Å². The highest BCUT2D eigenvalue weighted by Gasteiger charge is 2.44. The second-order valence-electron chi connectivity index (χ2n) is 4.83. The Bertz CT molecular complexity index is 575. The van der Waals surface area contributed by atoms with Crippen LogP contribution in [0.3, 0.4) is 0 Å². The second kappa shape index (κ2) is 5.51. The van der Waals surface area contributed by atoms with Gasteiger partial charge in [0.2, 0.25) is 0 Å². The normalized spacial score (nSPS) is 16.3. The van der Waals surface area contributed by atoms with Gasteiger partial charge in [0, 0.05) is 18.7 Å². The number of nitro groups is 1. The predicted octanol–water partition coefficient (Wildman–Crippen LogP) is 3.01. The molecule has 6 nitrogen and oxygen atoms in total. The minimum absolute atomic E-state index is 0.0143. The standard InChI is InChI=1S/C12H12FIN2O4/c13-7-4-9(10(16(19)20)5-8(7)14)15-6-12(11(17)18)2-1-3-12/h4-5,15H,1-3,6H2,(H,17,18). The summed E-state index contributed by atoms with van der Waals surface area (Å²) in [5.41, 5.74) is -1.14. The molecule has 8 heteroatoms. The number of nitrogens with zero attached hydrogens (tertiary/aromatic N) is 1. The van der Waals surface area contributed by atoms with Crippen molar-refractivity contribution in [2.75, 3.05) is 11.9 Å². The Morgan fingerprint density at radius 1 is 1.55 bits per heavy atom. The highest BCUT2D eigenvalue weighted by Crippen LogP contribution is 2.42. The molecule has 20 heavy (non-hydrogen) atoms. The van der Waals surface area contributed by atoms with Gasteiger partial charge in [0.15, 0.2) is 0 Å². The van der Waals surface area contributed by atoms with E-state index in [2.05, 4.69) is 5.32 Å². The highest BCUT2D eigenvalue weighted by atomic mass is 127. The molecule has 1 aromatic carbocycles. The first kappa shape index (κ1) is 14.9. The Morgan fingerprint density at radius 2 is 2.20 bits per heavy atom. The molecule has 0 unspecified atom stereocenters. The van der Waals surface area contributed by atoms with Crippen molar-refractivity contribution >= 4 is 39.9 Å². The molecule has 1 saturated carbocycles. The van der Waals surface area contributed by atoms with Crippen molar-refractivity contribution < 1.29 is 19.2 Å². The number of halogens is 2. The Morgan fingerprint density at radius 3 is 2.65 bits per heavy atom. The summed E-state index contributed by atoms with van der Waals surface area (Å²) in [5, 5.41) is 22.9. The minimum atomic E-state index is -0.926. The quantitative estimate of drug-likeness (QED) is 0.455. The molecule has 2 rings (SSSR count). The number of hydrogen-bond donors (Lipinski definition) is 2. The van der Waals surface area contributed by atoms with Crippen molar-refractivity contribution in [2.45, 2.75) is 19.3 Å². The fourth-order valence-electron chi connectivity index (χ4n) is 2.16. The second-order valence-corrected chi connectivity index (χ2v) is 6.00. The van der Waals surface area contributed by atoms with Crippen LogP contribution in [0.2, 0.25) is 0 Å². The Balaban J connectivity index is 2.23. The molecule has 108 valence electrons. The van der Waals surface area contributed by atoms with Crippen molar-refractivity contribution in [1.82, 2.24) is 0 Å². The van der Waals surface area contributed by atoms with Gasteiger partial charge in [-0.15, -0.1) is 0 Å². The monoisotopic (exact) mass is 394 g/mol. The summed E-state index contributed by atoms with van der Waals surface area (Å²) in [4.78, 5) is 21.6. The van der Waals surface area contributed by atoms with E-state index in [4.69, 9.17) is 0 Å². The number of aliphatic carboxylic acids is 1. The molecule has 0 amide bonds. The fraction of sp³-hybridized carbons (Fsp3) is 0.417. The third-order valence-electron chi connectivity index (χ3n) is 3.62. The average molecular weight is 394 g/mol. The molecule has 1 fully saturated rings. The summed E-state index contributed by atoms with van der Waals surface area (Å²) in [6.07, 6.45) is 1.86.